The van der Waals surface area contributed by atoms with Crippen LogP contribution < -0.4 is 0 Å². The van der Waals surface area contributed by atoms with Crippen LogP contribution in [0.1, 0.15) is 23.6 Å². The quantitative estimate of drug-likeness (QED) is 0.435. The molecule has 1 aliphatic heterocycles. The number of amides is 1. The minimum Gasteiger partial charge on any atom is -0.507 e. The molecule has 2 N–H and O–H groups in total. The number of likely N-dealkylation sites (tertiary alicyclic amines) is 1. The maximum atomic E-state index is 12.7. The van der Waals surface area contributed by atoms with E-state index < -0.39 is 23.7 Å². The van der Waals surface area contributed by atoms with Gasteiger partial charge in [-0.25, -0.2) is 0 Å². The first-order valence-electron chi connectivity index (χ1n) is 8.31. The van der Waals surface area contributed by atoms with Crippen molar-refractivity contribution in [3.05, 3.63) is 75.3 Å². The van der Waals surface area contributed by atoms with Gasteiger partial charge in [-0.1, -0.05) is 35.3 Å². The SMILES string of the molecule is O=C(O)CCN1C(=O)C(=O)C(=C(O)c2ccc(Cl)cc2)C1c1ccc(Cl)cc1. The molecule has 28 heavy (non-hydrogen) atoms. The molecule has 0 radical (unpaired) electrons. The molecule has 1 heterocycles. The molecular weight excluding hydrogens is 405 g/mol. The number of hydrogen-bond acceptors (Lipinski definition) is 4. The van der Waals surface area contributed by atoms with E-state index in [0.717, 1.165) is 4.90 Å². The summed E-state index contributed by atoms with van der Waals surface area (Å²) in [5, 5.41) is 20.7. The van der Waals surface area contributed by atoms with Gasteiger partial charge in [0.2, 0.25) is 0 Å². The number of hydrogen-bond donors (Lipinski definition) is 2. The number of Topliss-reactive ketones (excluding diaryl/α,β-unsaturated/α-hetero) is 1. The van der Waals surface area contributed by atoms with Crippen molar-refractivity contribution in [3.63, 3.8) is 0 Å². The summed E-state index contributed by atoms with van der Waals surface area (Å²) in [7, 11) is 0. The predicted molar refractivity (Wildman–Crippen MR) is 104 cm³/mol. The molecule has 2 aromatic rings. The van der Waals surface area contributed by atoms with E-state index in [1.807, 2.05) is 0 Å². The Kier molecular flexibility index (Phi) is 5.72. The van der Waals surface area contributed by atoms with Crippen LogP contribution in [0.2, 0.25) is 10.0 Å². The second kappa shape index (κ2) is 8.04. The van der Waals surface area contributed by atoms with Crippen molar-refractivity contribution < 1.29 is 24.6 Å². The van der Waals surface area contributed by atoms with Crippen LogP contribution in [-0.4, -0.2) is 39.3 Å². The first-order valence-corrected chi connectivity index (χ1v) is 9.07. The standard InChI is InChI=1S/C20H15Cl2NO5/c21-13-5-1-11(2-6-13)17-16(18(26)12-3-7-14(22)8-4-12)19(27)20(28)23(17)10-9-15(24)25/h1-8,17,26H,9-10H2,(H,24,25). The Bertz CT molecular complexity index is 967. The number of benzene rings is 2. The van der Waals surface area contributed by atoms with Crippen LogP contribution in [0.3, 0.4) is 0 Å². The van der Waals surface area contributed by atoms with Crippen molar-refractivity contribution in [1.82, 2.24) is 4.90 Å². The summed E-state index contributed by atoms with van der Waals surface area (Å²) >= 11 is 11.8. The number of aliphatic hydroxyl groups is 1. The monoisotopic (exact) mass is 419 g/mol. The van der Waals surface area contributed by atoms with Crippen LogP contribution >= 0.6 is 23.2 Å². The van der Waals surface area contributed by atoms with Crippen molar-refractivity contribution in [3.8, 4) is 0 Å². The second-order valence-electron chi connectivity index (χ2n) is 6.19. The zero-order valence-corrected chi connectivity index (χ0v) is 15.9. The molecule has 3 rings (SSSR count). The molecule has 144 valence electrons. The Balaban J connectivity index is 2.14. The lowest BCUT2D eigenvalue weighted by Gasteiger charge is -2.24. The molecule has 1 fully saturated rings. The summed E-state index contributed by atoms with van der Waals surface area (Å²) in [6.07, 6.45) is -0.335. The summed E-state index contributed by atoms with van der Waals surface area (Å²) in [5.41, 5.74) is 0.740. The van der Waals surface area contributed by atoms with Crippen LogP contribution in [0.4, 0.5) is 0 Å². The second-order valence-corrected chi connectivity index (χ2v) is 7.07. The Labute approximate surface area is 170 Å². The zero-order chi connectivity index (χ0) is 20.4. The summed E-state index contributed by atoms with van der Waals surface area (Å²) in [5.74, 6) is -3.20. The molecule has 1 amide bonds. The summed E-state index contributed by atoms with van der Waals surface area (Å²) in [6.45, 7) is -0.176. The normalized spacial score (nSPS) is 18.5. The Hall–Kier alpha value is -2.83. The molecule has 1 saturated heterocycles. The molecule has 0 spiro atoms. The number of aliphatic hydroxyl groups excluding tert-OH is 1. The van der Waals surface area contributed by atoms with Gasteiger partial charge in [-0.15, -0.1) is 0 Å². The number of carbonyl (C=O) groups excluding carboxylic acids is 2. The van der Waals surface area contributed by atoms with Crippen LogP contribution in [0, 0.1) is 0 Å². The van der Waals surface area contributed by atoms with Crippen LogP contribution in [0.15, 0.2) is 54.1 Å². The molecule has 6 nitrogen and oxygen atoms in total. The van der Waals surface area contributed by atoms with E-state index in [4.69, 9.17) is 28.3 Å². The molecule has 8 heteroatoms. The van der Waals surface area contributed by atoms with Gasteiger partial charge in [-0.05, 0) is 42.0 Å². The number of nitrogens with zero attached hydrogens (tertiary/aromatic N) is 1. The van der Waals surface area contributed by atoms with Gasteiger partial charge in [0.1, 0.15) is 5.76 Å². The molecule has 1 atom stereocenters. The third-order valence-corrected chi connectivity index (χ3v) is 4.91. The van der Waals surface area contributed by atoms with E-state index in [-0.39, 0.29) is 24.3 Å². The highest BCUT2D eigenvalue weighted by Gasteiger charge is 2.46. The fourth-order valence-electron chi connectivity index (χ4n) is 3.08. The van der Waals surface area contributed by atoms with Gasteiger partial charge >= 0.3 is 5.97 Å². The first-order chi connectivity index (χ1) is 13.3. The van der Waals surface area contributed by atoms with E-state index in [9.17, 15) is 19.5 Å². The lowest BCUT2D eigenvalue weighted by atomic mass is 9.95. The van der Waals surface area contributed by atoms with Gasteiger partial charge in [0.25, 0.3) is 11.7 Å². The van der Waals surface area contributed by atoms with E-state index in [1.54, 1.807) is 36.4 Å². The van der Waals surface area contributed by atoms with Gasteiger partial charge in [0.15, 0.2) is 0 Å². The molecule has 2 aromatic carbocycles. The van der Waals surface area contributed by atoms with Crippen molar-refractivity contribution in [2.24, 2.45) is 0 Å². The van der Waals surface area contributed by atoms with E-state index >= 15 is 0 Å². The average molecular weight is 420 g/mol. The topological polar surface area (TPSA) is 94.9 Å². The number of carboxylic acids is 1. The molecule has 0 aromatic heterocycles. The highest BCUT2D eigenvalue weighted by molar-refractivity contribution is 6.46. The number of rotatable bonds is 5. The van der Waals surface area contributed by atoms with Gasteiger partial charge in [-0.3, -0.25) is 14.4 Å². The van der Waals surface area contributed by atoms with Crippen molar-refractivity contribution in [2.45, 2.75) is 12.5 Å². The lowest BCUT2D eigenvalue weighted by molar-refractivity contribution is -0.142. The highest BCUT2D eigenvalue weighted by atomic mass is 35.5. The first kappa shape index (κ1) is 19.9. The van der Waals surface area contributed by atoms with Gasteiger partial charge in [0.05, 0.1) is 18.0 Å². The molecular formula is C20H15Cl2NO5. The van der Waals surface area contributed by atoms with E-state index in [1.165, 1.54) is 12.1 Å². The van der Waals surface area contributed by atoms with Gasteiger partial charge in [-0.2, -0.15) is 0 Å². The van der Waals surface area contributed by atoms with E-state index in [0.29, 0.717) is 21.2 Å². The van der Waals surface area contributed by atoms with Crippen LogP contribution in [0.25, 0.3) is 5.76 Å². The third kappa shape index (κ3) is 3.88. The largest absolute Gasteiger partial charge is 0.507 e. The molecule has 1 aliphatic rings. The van der Waals surface area contributed by atoms with Crippen LogP contribution in [0.5, 0.6) is 0 Å². The fraction of sp³-hybridized carbons (Fsp3) is 0.150. The van der Waals surface area contributed by atoms with Crippen molar-refractivity contribution >= 4 is 46.6 Å². The number of carbonyl (C=O) groups is 3. The average Bonchev–Trinajstić information content (AvgIpc) is 2.91. The predicted octanol–water partition coefficient (Wildman–Crippen LogP) is 3.89. The van der Waals surface area contributed by atoms with Crippen LogP contribution in [-0.2, 0) is 14.4 Å². The number of halogens is 2. The Morgan fingerprint density at radius 2 is 1.46 bits per heavy atom. The third-order valence-electron chi connectivity index (χ3n) is 4.41. The molecule has 0 aliphatic carbocycles. The van der Waals surface area contributed by atoms with Gasteiger partial charge in [0, 0.05) is 22.2 Å². The number of ketones is 1. The molecule has 0 saturated carbocycles. The smallest absolute Gasteiger partial charge is 0.305 e. The number of carboxylic acid groups (broad SMARTS) is 1. The minimum atomic E-state index is -1.10. The maximum Gasteiger partial charge on any atom is 0.305 e. The molecule has 1 unspecified atom stereocenters. The molecule has 0 bridgehead atoms. The summed E-state index contributed by atoms with van der Waals surface area (Å²) < 4.78 is 0. The van der Waals surface area contributed by atoms with E-state index in [2.05, 4.69) is 0 Å². The zero-order valence-electron chi connectivity index (χ0n) is 14.4. The van der Waals surface area contributed by atoms with Crippen molar-refractivity contribution in [1.29, 1.82) is 0 Å². The van der Waals surface area contributed by atoms with Crippen molar-refractivity contribution in [2.75, 3.05) is 6.54 Å². The maximum absolute atomic E-state index is 12.7. The summed E-state index contributed by atoms with van der Waals surface area (Å²) in [6, 6.07) is 11.7. The highest BCUT2D eigenvalue weighted by Crippen LogP contribution is 2.39. The van der Waals surface area contributed by atoms with Gasteiger partial charge < -0.3 is 15.1 Å². The fourth-order valence-corrected chi connectivity index (χ4v) is 3.33. The summed E-state index contributed by atoms with van der Waals surface area (Å²) in [4.78, 5) is 37.4. The lowest BCUT2D eigenvalue weighted by Crippen LogP contribution is -2.31. The number of aliphatic carboxylic acids is 1. The Morgan fingerprint density at radius 1 is 0.929 bits per heavy atom. The minimum absolute atomic E-state index is 0.111. The Morgan fingerprint density at radius 3 is 2.00 bits per heavy atom.